The molecule has 0 amide bonds. The molecule has 0 saturated carbocycles. The Morgan fingerprint density at radius 1 is 1.29 bits per heavy atom. The van der Waals surface area contributed by atoms with Crippen molar-refractivity contribution in [2.45, 2.75) is 26.2 Å². The molecule has 1 aliphatic heterocycles. The van der Waals surface area contributed by atoms with Gasteiger partial charge >= 0.3 is 0 Å². The summed E-state index contributed by atoms with van der Waals surface area (Å²) in [6, 6.07) is 8.81. The van der Waals surface area contributed by atoms with Crippen LogP contribution in [0, 0.1) is 12.8 Å². The first-order chi connectivity index (χ1) is 6.79. The van der Waals surface area contributed by atoms with E-state index >= 15 is 0 Å². The van der Waals surface area contributed by atoms with Gasteiger partial charge in [0.05, 0.1) is 0 Å². The first kappa shape index (κ1) is 9.72. The summed E-state index contributed by atoms with van der Waals surface area (Å²) >= 11 is 0. The van der Waals surface area contributed by atoms with Crippen molar-refractivity contribution in [3.63, 3.8) is 0 Å². The maximum Gasteiger partial charge on any atom is -0.00173 e. The zero-order valence-corrected chi connectivity index (χ0v) is 9.09. The van der Waals surface area contributed by atoms with Crippen molar-refractivity contribution in [2.75, 3.05) is 13.1 Å². The fraction of sp³-hybridized carbons (Fsp3) is 0.538. The van der Waals surface area contributed by atoms with E-state index in [-0.39, 0.29) is 0 Å². The Morgan fingerprint density at radius 3 is 2.79 bits per heavy atom. The van der Waals surface area contributed by atoms with Gasteiger partial charge in [0.1, 0.15) is 0 Å². The highest BCUT2D eigenvalue weighted by Gasteiger charge is 2.23. The molecule has 2 rings (SSSR count). The number of benzene rings is 1. The van der Waals surface area contributed by atoms with Gasteiger partial charge in [-0.2, -0.15) is 0 Å². The number of aryl methyl sites for hydroxylation is 1. The van der Waals surface area contributed by atoms with Crippen LogP contribution in [-0.2, 0) is 0 Å². The van der Waals surface area contributed by atoms with Crippen molar-refractivity contribution < 1.29 is 0 Å². The molecule has 0 bridgehead atoms. The normalized spacial score (nSPS) is 27.6. The molecule has 76 valence electrons. The van der Waals surface area contributed by atoms with Gasteiger partial charge in [0.2, 0.25) is 0 Å². The van der Waals surface area contributed by atoms with Crippen LogP contribution in [0.4, 0.5) is 0 Å². The Hall–Kier alpha value is -0.820. The Balaban J connectivity index is 2.25. The van der Waals surface area contributed by atoms with E-state index in [0.29, 0.717) is 0 Å². The minimum Gasteiger partial charge on any atom is -0.316 e. The van der Waals surface area contributed by atoms with Gasteiger partial charge in [0.15, 0.2) is 0 Å². The molecule has 1 heterocycles. The molecule has 0 aromatic heterocycles. The van der Waals surface area contributed by atoms with Gasteiger partial charge in [-0.3, -0.25) is 0 Å². The van der Waals surface area contributed by atoms with Crippen molar-refractivity contribution in [2.24, 2.45) is 5.92 Å². The summed E-state index contributed by atoms with van der Waals surface area (Å²) < 4.78 is 0. The summed E-state index contributed by atoms with van der Waals surface area (Å²) in [6.45, 7) is 6.91. The van der Waals surface area contributed by atoms with E-state index in [1.165, 1.54) is 25.1 Å². The first-order valence-corrected chi connectivity index (χ1v) is 5.55. The molecule has 1 N–H and O–H groups in total. The van der Waals surface area contributed by atoms with E-state index in [0.717, 1.165) is 11.8 Å². The lowest BCUT2D eigenvalue weighted by Crippen LogP contribution is -2.34. The fourth-order valence-electron chi connectivity index (χ4n) is 2.48. The Kier molecular flexibility index (Phi) is 2.87. The summed E-state index contributed by atoms with van der Waals surface area (Å²) in [4.78, 5) is 0. The number of hydrogen-bond donors (Lipinski definition) is 1. The minimum absolute atomic E-state index is 0.762. The summed E-state index contributed by atoms with van der Waals surface area (Å²) in [6.07, 6.45) is 1.28. The molecule has 0 aliphatic carbocycles. The van der Waals surface area contributed by atoms with Gasteiger partial charge in [0, 0.05) is 0 Å². The fourth-order valence-corrected chi connectivity index (χ4v) is 2.48. The molecule has 14 heavy (non-hydrogen) atoms. The lowest BCUT2D eigenvalue weighted by molar-refractivity contribution is 0.348. The van der Waals surface area contributed by atoms with Crippen LogP contribution in [0.5, 0.6) is 0 Å². The highest BCUT2D eigenvalue weighted by atomic mass is 14.9. The predicted molar refractivity (Wildman–Crippen MR) is 60.6 cm³/mol. The molecule has 1 heteroatoms. The highest BCUT2D eigenvalue weighted by Crippen LogP contribution is 2.31. The average Bonchev–Trinajstić information content (AvgIpc) is 2.20. The topological polar surface area (TPSA) is 12.0 Å². The molecule has 1 nitrogen and oxygen atoms in total. The van der Waals surface area contributed by atoms with Crippen LogP contribution >= 0.6 is 0 Å². The van der Waals surface area contributed by atoms with E-state index in [1.807, 2.05) is 0 Å². The molecule has 0 spiro atoms. The molecule has 1 aromatic rings. The zero-order chi connectivity index (χ0) is 9.97. The van der Waals surface area contributed by atoms with Gasteiger partial charge in [-0.1, -0.05) is 31.2 Å². The summed E-state index contributed by atoms with van der Waals surface area (Å²) in [7, 11) is 0. The van der Waals surface area contributed by atoms with Gasteiger partial charge in [-0.25, -0.2) is 0 Å². The predicted octanol–water partition coefficient (Wildman–Crippen LogP) is 2.71. The third-order valence-corrected chi connectivity index (χ3v) is 3.37. The van der Waals surface area contributed by atoms with Crippen LogP contribution in [0.3, 0.4) is 0 Å². The standard InChI is InChI=1S/C13H19N/c1-10-5-3-4-6-12(10)13-7-8-14-9-11(13)2/h3-6,11,13-14H,7-9H2,1-2H3/t11-,13-/m0/s1. The van der Waals surface area contributed by atoms with Gasteiger partial charge in [-0.15, -0.1) is 0 Å². The summed E-state index contributed by atoms with van der Waals surface area (Å²) in [5, 5.41) is 3.45. The molecule has 1 saturated heterocycles. The number of rotatable bonds is 1. The summed E-state index contributed by atoms with van der Waals surface area (Å²) in [5.41, 5.74) is 3.01. The van der Waals surface area contributed by atoms with E-state index in [1.54, 1.807) is 5.56 Å². The molecule has 1 aliphatic rings. The van der Waals surface area contributed by atoms with Crippen LogP contribution in [0.25, 0.3) is 0 Å². The first-order valence-electron chi connectivity index (χ1n) is 5.55. The maximum atomic E-state index is 3.45. The Morgan fingerprint density at radius 2 is 2.07 bits per heavy atom. The van der Waals surface area contributed by atoms with Gasteiger partial charge in [0.25, 0.3) is 0 Å². The summed E-state index contributed by atoms with van der Waals surface area (Å²) in [5.74, 6) is 1.53. The number of nitrogens with one attached hydrogen (secondary N) is 1. The SMILES string of the molecule is Cc1ccccc1[C@H]1CCNC[C@@H]1C. The van der Waals surface area contributed by atoms with E-state index in [4.69, 9.17) is 0 Å². The van der Waals surface area contributed by atoms with E-state index in [9.17, 15) is 0 Å². The Labute approximate surface area is 86.5 Å². The third kappa shape index (κ3) is 1.83. The maximum absolute atomic E-state index is 3.45. The molecular weight excluding hydrogens is 170 g/mol. The number of piperidine rings is 1. The van der Waals surface area contributed by atoms with Gasteiger partial charge < -0.3 is 5.32 Å². The number of hydrogen-bond acceptors (Lipinski definition) is 1. The second-order valence-electron chi connectivity index (χ2n) is 4.43. The minimum atomic E-state index is 0.762. The van der Waals surface area contributed by atoms with Crippen LogP contribution in [0.15, 0.2) is 24.3 Å². The monoisotopic (exact) mass is 189 g/mol. The molecule has 0 radical (unpaired) electrons. The molecule has 0 unspecified atom stereocenters. The van der Waals surface area contributed by atoms with E-state index < -0.39 is 0 Å². The van der Waals surface area contributed by atoms with Crippen molar-refractivity contribution in [1.82, 2.24) is 5.32 Å². The molecular formula is C13H19N. The second kappa shape index (κ2) is 4.14. The molecule has 1 fully saturated rings. The van der Waals surface area contributed by atoms with Crippen molar-refractivity contribution in [3.8, 4) is 0 Å². The highest BCUT2D eigenvalue weighted by molar-refractivity contribution is 5.30. The van der Waals surface area contributed by atoms with Crippen LogP contribution < -0.4 is 5.32 Å². The smallest absolute Gasteiger partial charge is 0.00173 e. The average molecular weight is 189 g/mol. The molecule has 2 atom stereocenters. The van der Waals surface area contributed by atoms with E-state index in [2.05, 4.69) is 43.4 Å². The molecule has 1 aromatic carbocycles. The lowest BCUT2D eigenvalue weighted by atomic mass is 9.80. The van der Waals surface area contributed by atoms with Crippen LogP contribution in [0.1, 0.15) is 30.4 Å². The largest absolute Gasteiger partial charge is 0.316 e. The quantitative estimate of drug-likeness (QED) is 0.716. The second-order valence-corrected chi connectivity index (χ2v) is 4.43. The van der Waals surface area contributed by atoms with Gasteiger partial charge in [-0.05, 0) is 49.4 Å². The van der Waals surface area contributed by atoms with Crippen LogP contribution in [-0.4, -0.2) is 13.1 Å². The zero-order valence-electron chi connectivity index (χ0n) is 9.09. The van der Waals surface area contributed by atoms with Crippen molar-refractivity contribution in [1.29, 1.82) is 0 Å². The van der Waals surface area contributed by atoms with Crippen molar-refractivity contribution in [3.05, 3.63) is 35.4 Å². The van der Waals surface area contributed by atoms with Crippen molar-refractivity contribution >= 4 is 0 Å². The lowest BCUT2D eigenvalue weighted by Gasteiger charge is -2.30. The Bertz CT molecular complexity index is 306. The third-order valence-electron chi connectivity index (χ3n) is 3.37. The van der Waals surface area contributed by atoms with Crippen LogP contribution in [0.2, 0.25) is 0 Å².